The number of carbonyl (C=O) groups is 1. The molecule has 1 aromatic carbocycles. The molecular formula is C19H20N6O. The average molecular weight is 348 g/mol. The fraction of sp³-hybridized carbons (Fsp3) is 0.263. The lowest BCUT2D eigenvalue weighted by atomic mass is 10.0. The van der Waals surface area contributed by atoms with Crippen molar-refractivity contribution in [3.63, 3.8) is 0 Å². The highest BCUT2D eigenvalue weighted by atomic mass is 16.1. The SMILES string of the molecule is O=C(N[C@@H]1CCCN(c2ncccn2)C1)c1ccc(-c2ccn[nH]2)cc1. The van der Waals surface area contributed by atoms with Gasteiger partial charge in [-0.2, -0.15) is 5.10 Å². The number of hydrogen-bond acceptors (Lipinski definition) is 5. The van der Waals surface area contributed by atoms with Crippen LogP contribution in [-0.2, 0) is 0 Å². The molecule has 1 atom stereocenters. The van der Waals surface area contributed by atoms with Gasteiger partial charge in [-0.1, -0.05) is 12.1 Å². The van der Waals surface area contributed by atoms with Gasteiger partial charge in [0.25, 0.3) is 5.91 Å². The molecule has 26 heavy (non-hydrogen) atoms. The van der Waals surface area contributed by atoms with Crippen molar-refractivity contribution < 1.29 is 4.79 Å². The average Bonchev–Trinajstić information content (AvgIpc) is 3.24. The molecule has 3 aromatic rings. The maximum Gasteiger partial charge on any atom is 0.251 e. The lowest BCUT2D eigenvalue weighted by Crippen LogP contribution is -2.48. The molecule has 7 heteroatoms. The van der Waals surface area contributed by atoms with Crippen LogP contribution in [0.2, 0.25) is 0 Å². The normalized spacial score (nSPS) is 17.1. The van der Waals surface area contributed by atoms with Crippen LogP contribution in [0.5, 0.6) is 0 Å². The van der Waals surface area contributed by atoms with Crippen molar-refractivity contribution in [3.05, 3.63) is 60.6 Å². The van der Waals surface area contributed by atoms with Gasteiger partial charge in [0.05, 0.1) is 5.69 Å². The van der Waals surface area contributed by atoms with Crippen molar-refractivity contribution in [3.8, 4) is 11.3 Å². The van der Waals surface area contributed by atoms with Gasteiger partial charge in [0.2, 0.25) is 5.95 Å². The summed E-state index contributed by atoms with van der Waals surface area (Å²) in [5.41, 5.74) is 2.59. The second-order valence-electron chi connectivity index (χ2n) is 6.36. The Kier molecular flexibility index (Phi) is 4.59. The van der Waals surface area contributed by atoms with Crippen LogP contribution in [0.15, 0.2) is 55.0 Å². The number of nitrogens with one attached hydrogen (secondary N) is 2. The third-order valence-electron chi connectivity index (χ3n) is 4.55. The molecule has 3 heterocycles. The molecule has 1 amide bonds. The van der Waals surface area contributed by atoms with E-state index in [1.165, 1.54) is 0 Å². The first-order valence-electron chi connectivity index (χ1n) is 8.72. The number of H-pyrrole nitrogens is 1. The summed E-state index contributed by atoms with van der Waals surface area (Å²) < 4.78 is 0. The molecule has 0 radical (unpaired) electrons. The van der Waals surface area contributed by atoms with Crippen molar-refractivity contribution in [2.24, 2.45) is 0 Å². The number of carbonyl (C=O) groups excluding carboxylic acids is 1. The minimum atomic E-state index is -0.0537. The molecule has 2 N–H and O–H groups in total. The number of piperidine rings is 1. The maximum atomic E-state index is 12.6. The van der Waals surface area contributed by atoms with Crippen LogP contribution in [0, 0.1) is 0 Å². The Balaban J connectivity index is 1.39. The lowest BCUT2D eigenvalue weighted by Gasteiger charge is -2.33. The van der Waals surface area contributed by atoms with E-state index >= 15 is 0 Å². The van der Waals surface area contributed by atoms with Crippen LogP contribution < -0.4 is 10.2 Å². The number of amides is 1. The highest BCUT2D eigenvalue weighted by Gasteiger charge is 2.23. The van der Waals surface area contributed by atoms with Crippen molar-refractivity contribution >= 4 is 11.9 Å². The fourth-order valence-electron chi connectivity index (χ4n) is 3.22. The monoisotopic (exact) mass is 348 g/mol. The zero-order chi connectivity index (χ0) is 17.8. The molecule has 0 unspecified atom stereocenters. The van der Waals surface area contributed by atoms with E-state index in [-0.39, 0.29) is 11.9 Å². The van der Waals surface area contributed by atoms with Crippen molar-refractivity contribution in [2.75, 3.05) is 18.0 Å². The first-order chi connectivity index (χ1) is 12.8. The molecule has 1 aliphatic heterocycles. The minimum Gasteiger partial charge on any atom is -0.348 e. The summed E-state index contributed by atoms with van der Waals surface area (Å²) in [4.78, 5) is 23.3. The zero-order valence-electron chi connectivity index (χ0n) is 14.3. The third-order valence-corrected chi connectivity index (χ3v) is 4.55. The largest absolute Gasteiger partial charge is 0.348 e. The van der Waals surface area contributed by atoms with E-state index in [1.54, 1.807) is 24.7 Å². The van der Waals surface area contributed by atoms with Gasteiger partial charge in [-0.3, -0.25) is 9.89 Å². The molecule has 0 saturated carbocycles. The Morgan fingerprint density at radius 2 is 1.92 bits per heavy atom. The first-order valence-corrected chi connectivity index (χ1v) is 8.72. The summed E-state index contributed by atoms with van der Waals surface area (Å²) in [6, 6.07) is 11.3. The smallest absolute Gasteiger partial charge is 0.251 e. The topological polar surface area (TPSA) is 86.8 Å². The summed E-state index contributed by atoms with van der Waals surface area (Å²) in [7, 11) is 0. The standard InChI is InChI=1S/C19H20N6O/c26-18(15-6-4-14(5-7-15)17-8-11-22-24-17)23-16-3-1-12-25(13-16)19-20-9-2-10-21-19/h2,4-11,16H,1,3,12-13H2,(H,22,24)(H,23,26)/t16-/m1/s1. The van der Waals surface area contributed by atoms with E-state index in [0.29, 0.717) is 5.56 Å². The summed E-state index contributed by atoms with van der Waals surface area (Å²) in [5.74, 6) is 0.664. The molecule has 1 fully saturated rings. The Morgan fingerprint density at radius 3 is 2.65 bits per heavy atom. The number of hydrogen-bond donors (Lipinski definition) is 2. The Labute approximate surface area is 151 Å². The summed E-state index contributed by atoms with van der Waals surface area (Å²) in [6.07, 6.45) is 7.15. The fourth-order valence-corrected chi connectivity index (χ4v) is 3.22. The van der Waals surface area contributed by atoms with Gasteiger partial charge < -0.3 is 10.2 Å². The van der Waals surface area contributed by atoms with Crippen LogP contribution in [0.25, 0.3) is 11.3 Å². The number of aromatic nitrogens is 4. The molecule has 1 saturated heterocycles. The van der Waals surface area contributed by atoms with Crippen LogP contribution >= 0.6 is 0 Å². The van der Waals surface area contributed by atoms with Gasteiger partial charge >= 0.3 is 0 Å². The Morgan fingerprint density at radius 1 is 1.12 bits per heavy atom. The van der Waals surface area contributed by atoms with Crippen molar-refractivity contribution in [2.45, 2.75) is 18.9 Å². The first kappa shape index (κ1) is 16.3. The van der Waals surface area contributed by atoms with Gasteiger partial charge in [0.15, 0.2) is 0 Å². The second-order valence-corrected chi connectivity index (χ2v) is 6.36. The van der Waals surface area contributed by atoms with E-state index in [0.717, 1.165) is 43.1 Å². The maximum absolute atomic E-state index is 12.6. The lowest BCUT2D eigenvalue weighted by molar-refractivity contribution is 0.0933. The molecule has 0 bridgehead atoms. The van der Waals surface area contributed by atoms with Gasteiger partial charge in [0, 0.05) is 43.3 Å². The molecule has 4 rings (SSSR count). The highest BCUT2D eigenvalue weighted by Crippen LogP contribution is 2.18. The van der Waals surface area contributed by atoms with Gasteiger partial charge in [-0.05, 0) is 42.7 Å². The van der Waals surface area contributed by atoms with E-state index in [9.17, 15) is 4.79 Å². The summed E-state index contributed by atoms with van der Waals surface area (Å²) in [5, 5.41) is 10.00. The zero-order valence-corrected chi connectivity index (χ0v) is 14.3. The third kappa shape index (κ3) is 3.56. The number of nitrogens with zero attached hydrogens (tertiary/aromatic N) is 4. The number of anilines is 1. The number of aromatic amines is 1. The Bertz CT molecular complexity index is 848. The predicted octanol–water partition coefficient (Wildman–Crippen LogP) is 2.27. The van der Waals surface area contributed by atoms with E-state index in [1.807, 2.05) is 30.3 Å². The number of benzene rings is 1. The number of rotatable bonds is 4. The molecular weight excluding hydrogens is 328 g/mol. The van der Waals surface area contributed by atoms with Gasteiger partial charge in [-0.15, -0.1) is 0 Å². The van der Waals surface area contributed by atoms with E-state index in [4.69, 9.17) is 0 Å². The van der Waals surface area contributed by atoms with E-state index in [2.05, 4.69) is 30.4 Å². The molecule has 2 aromatic heterocycles. The predicted molar refractivity (Wildman–Crippen MR) is 98.8 cm³/mol. The summed E-state index contributed by atoms with van der Waals surface area (Å²) >= 11 is 0. The van der Waals surface area contributed by atoms with Crippen molar-refractivity contribution in [1.82, 2.24) is 25.5 Å². The van der Waals surface area contributed by atoms with Crippen LogP contribution in [0.3, 0.4) is 0 Å². The van der Waals surface area contributed by atoms with Crippen LogP contribution in [-0.4, -0.2) is 45.2 Å². The molecule has 7 nitrogen and oxygen atoms in total. The summed E-state index contributed by atoms with van der Waals surface area (Å²) in [6.45, 7) is 1.64. The molecule has 0 aliphatic carbocycles. The molecule has 1 aliphatic rings. The van der Waals surface area contributed by atoms with Crippen LogP contribution in [0.1, 0.15) is 23.2 Å². The second kappa shape index (κ2) is 7.35. The van der Waals surface area contributed by atoms with E-state index < -0.39 is 0 Å². The molecule has 0 spiro atoms. The molecule has 132 valence electrons. The van der Waals surface area contributed by atoms with Gasteiger partial charge in [-0.25, -0.2) is 9.97 Å². The highest BCUT2D eigenvalue weighted by molar-refractivity contribution is 5.94. The Hall–Kier alpha value is -3.22. The van der Waals surface area contributed by atoms with Crippen LogP contribution in [0.4, 0.5) is 5.95 Å². The quantitative estimate of drug-likeness (QED) is 0.755. The van der Waals surface area contributed by atoms with Gasteiger partial charge in [0.1, 0.15) is 0 Å². The minimum absolute atomic E-state index is 0.0537. The van der Waals surface area contributed by atoms with Crippen molar-refractivity contribution in [1.29, 1.82) is 0 Å².